The number of benzene rings is 2. The van der Waals surface area contributed by atoms with E-state index in [2.05, 4.69) is 0 Å². The van der Waals surface area contributed by atoms with Crippen LogP contribution in [0.15, 0.2) is 52.1 Å². The summed E-state index contributed by atoms with van der Waals surface area (Å²) in [7, 11) is 0. The summed E-state index contributed by atoms with van der Waals surface area (Å²) in [6.07, 6.45) is 0. The van der Waals surface area contributed by atoms with Crippen molar-refractivity contribution in [2.24, 2.45) is 0 Å². The molecule has 0 aliphatic carbocycles. The molecule has 0 aliphatic heterocycles. The van der Waals surface area contributed by atoms with Gasteiger partial charge in [-0.2, -0.15) is 0 Å². The zero-order valence-electron chi connectivity index (χ0n) is 17.6. The Morgan fingerprint density at radius 1 is 1.00 bits per heavy atom. The fourth-order valence-corrected chi connectivity index (χ4v) is 4.78. The van der Waals surface area contributed by atoms with E-state index < -0.39 is 10.6 Å². The lowest BCUT2D eigenvalue weighted by Gasteiger charge is -2.13. The van der Waals surface area contributed by atoms with Crippen molar-refractivity contribution in [3.8, 4) is 5.69 Å². The summed E-state index contributed by atoms with van der Waals surface area (Å²) >= 11 is 1.39. The van der Waals surface area contributed by atoms with Crippen LogP contribution in [0.3, 0.4) is 0 Å². The number of aryl methyl sites for hydroxylation is 4. The second kappa shape index (κ2) is 7.63. The molecule has 0 amide bonds. The predicted molar refractivity (Wildman–Crippen MR) is 123 cm³/mol. The topological polar surface area (TPSA) is 87.1 Å². The normalized spacial score (nSPS) is 11.2. The Morgan fingerprint density at radius 2 is 1.74 bits per heavy atom. The van der Waals surface area contributed by atoms with Crippen LogP contribution in [0.2, 0.25) is 0 Å². The van der Waals surface area contributed by atoms with E-state index in [1.807, 2.05) is 39.8 Å². The van der Waals surface area contributed by atoms with E-state index in [0.29, 0.717) is 21.5 Å². The van der Waals surface area contributed by atoms with Crippen LogP contribution in [0.5, 0.6) is 0 Å². The summed E-state index contributed by atoms with van der Waals surface area (Å²) in [4.78, 5) is 39.2. The number of fused-ring (bicyclic) bond motifs is 1. The van der Waals surface area contributed by atoms with E-state index in [1.54, 1.807) is 18.2 Å². The average Bonchev–Trinajstić information content (AvgIpc) is 3.03. The lowest BCUT2D eigenvalue weighted by Crippen LogP contribution is -2.39. The molecule has 7 nitrogen and oxygen atoms in total. The summed E-state index contributed by atoms with van der Waals surface area (Å²) in [5, 5.41) is 11.7. The molecule has 2 aromatic heterocycles. The first-order chi connectivity index (χ1) is 14.7. The van der Waals surface area contributed by atoms with Crippen LogP contribution in [0, 0.1) is 37.8 Å². The number of nitrogens with zero attached hydrogens (tertiary/aromatic N) is 3. The summed E-state index contributed by atoms with van der Waals surface area (Å²) < 4.78 is 2.74. The molecular weight excluding hydrogens is 414 g/mol. The van der Waals surface area contributed by atoms with E-state index in [-0.39, 0.29) is 17.8 Å². The first-order valence-corrected chi connectivity index (χ1v) is 10.6. The van der Waals surface area contributed by atoms with E-state index in [0.717, 1.165) is 21.6 Å². The lowest BCUT2D eigenvalue weighted by atomic mass is 10.1. The molecule has 2 heterocycles. The van der Waals surface area contributed by atoms with Gasteiger partial charge in [0.15, 0.2) is 0 Å². The molecule has 0 N–H and O–H groups in total. The van der Waals surface area contributed by atoms with Crippen molar-refractivity contribution >= 4 is 27.2 Å². The second-order valence-corrected chi connectivity index (χ2v) is 8.87. The van der Waals surface area contributed by atoms with Gasteiger partial charge in [0, 0.05) is 17.0 Å². The molecule has 8 heteroatoms. The molecule has 2 aromatic carbocycles. The first kappa shape index (κ1) is 20.7. The molecule has 0 spiro atoms. The Labute approximate surface area is 182 Å². The molecule has 0 unspecified atom stereocenters. The third-order valence-electron chi connectivity index (χ3n) is 5.66. The highest BCUT2D eigenvalue weighted by molar-refractivity contribution is 7.18. The molecule has 0 saturated carbocycles. The maximum Gasteiger partial charge on any atom is 0.337 e. The minimum atomic E-state index is -0.464. The molecule has 0 aliphatic rings. The number of aromatic nitrogens is 2. The van der Waals surface area contributed by atoms with Crippen LogP contribution in [0.4, 0.5) is 5.69 Å². The van der Waals surface area contributed by atoms with Crippen molar-refractivity contribution in [2.75, 3.05) is 0 Å². The number of nitro groups is 1. The number of nitro benzene ring substituents is 1. The van der Waals surface area contributed by atoms with Crippen LogP contribution < -0.4 is 11.2 Å². The van der Waals surface area contributed by atoms with Crippen molar-refractivity contribution in [2.45, 2.75) is 34.2 Å². The fourth-order valence-electron chi connectivity index (χ4n) is 3.64. The Bertz CT molecular complexity index is 1480. The smallest absolute Gasteiger partial charge is 0.279 e. The molecule has 158 valence electrons. The van der Waals surface area contributed by atoms with Crippen molar-refractivity contribution in [3.63, 3.8) is 0 Å². The van der Waals surface area contributed by atoms with Crippen LogP contribution in [-0.2, 0) is 6.54 Å². The van der Waals surface area contributed by atoms with Gasteiger partial charge in [-0.1, -0.05) is 18.2 Å². The molecule has 0 fully saturated rings. The Balaban J connectivity index is 2.03. The maximum absolute atomic E-state index is 13.5. The molecular formula is C23H21N3O4S. The van der Waals surface area contributed by atoms with Crippen LogP contribution in [0.1, 0.15) is 27.1 Å². The van der Waals surface area contributed by atoms with E-state index in [1.165, 1.54) is 32.6 Å². The zero-order valence-corrected chi connectivity index (χ0v) is 18.4. The van der Waals surface area contributed by atoms with Crippen LogP contribution in [-0.4, -0.2) is 14.1 Å². The highest BCUT2D eigenvalue weighted by Gasteiger charge is 2.20. The summed E-state index contributed by atoms with van der Waals surface area (Å²) in [6, 6.07) is 11.7. The lowest BCUT2D eigenvalue weighted by molar-refractivity contribution is -0.384. The van der Waals surface area contributed by atoms with Gasteiger partial charge >= 0.3 is 5.69 Å². The third-order valence-corrected chi connectivity index (χ3v) is 6.89. The van der Waals surface area contributed by atoms with Gasteiger partial charge in [-0.3, -0.25) is 19.5 Å². The Kier molecular flexibility index (Phi) is 5.10. The first-order valence-electron chi connectivity index (χ1n) is 9.75. The van der Waals surface area contributed by atoms with Gasteiger partial charge in [-0.15, -0.1) is 11.3 Å². The van der Waals surface area contributed by atoms with Crippen LogP contribution >= 0.6 is 11.3 Å². The van der Waals surface area contributed by atoms with E-state index >= 15 is 0 Å². The number of non-ortho nitro benzene ring substituents is 1. The minimum absolute atomic E-state index is 0.0391. The molecule has 4 rings (SSSR count). The van der Waals surface area contributed by atoms with Crippen molar-refractivity contribution in [1.29, 1.82) is 0 Å². The summed E-state index contributed by atoms with van der Waals surface area (Å²) in [5.74, 6) is 0. The molecule has 0 saturated heterocycles. The van der Waals surface area contributed by atoms with Gasteiger partial charge in [0.25, 0.3) is 11.2 Å². The van der Waals surface area contributed by atoms with Gasteiger partial charge < -0.3 is 0 Å². The van der Waals surface area contributed by atoms with Gasteiger partial charge in [0.2, 0.25) is 0 Å². The monoisotopic (exact) mass is 435 g/mol. The highest BCUT2D eigenvalue weighted by Crippen LogP contribution is 2.28. The SMILES string of the molecule is Cc1ccc(-n2c(=O)c3c(C)c(C)sc3n(Cc3cccc([N+](=O)[O-])c3)c2=O)cc1C. The number of hydrogen-bond donors (Lipinski definition) is 0. The quantitative estimate of drug-likeness (QED) is 0.351. The van der Waals surface area contributed by atoms with E-state index in [9.17, 15) is 19.7 Å². The standard InChI is InChI=1S/C23H21N3O4S/c1-13-8-9-18(10-14(13)2)25-21(27)20-15(3)16(4)31-22(20)24(23(25)28)12-17-6-5-7-19(11-17)26(29)30/h5-11H,12H2,1-4H3. The van der Waals surface area contributed by atoms with Crippen molar-refractivity contribution in [3.05, 3.63) is 101 Å². The molecule has 0 radical (unpaired) electrons. The molecule has 0 atom stereocenters. The largest absolute Gasteiger partial charge is 0.337 e. The average molecular weight is 436 g/mol. The van der Waals surface area contributed by atoms with Crippen molar-refractivity contribution < 1.29 is 4.92 Å². The summed E-state index contributed by atoms with van der Waals surface area (Å²) in [5.41, 5.74) is 3.17. The Morgan fingerprint density at radius 3 is 2.42 bits per heavy atom. The minimum Gasteiger partial charge on any atom is -0.279 e. The predicted octanol–water partition coefficient (Wildman–Crippen LogP) is 4.40. The van der Waals surface area contributed by atoms with Gasteiger partial charge in [-0.05, 0) is 62.1 Å². The fraction of sp³-hybridized carbons (Fsp3) is 0.217. The number of rotatable bonds is 4. The number of thiophene rings is 1. The summed E-state index contributed by atoms with van der Waals surface area (Å²) in [6.45, 7) is 7.83. The molecule has 31 heavy (non-hydrogen) atoms. The number of hydrogen-bond acceptors (Lipinski definition) is 5. The zero-order chi connectivity index (χ0) is 22.4. The van der Waals surface area contributed by atoms with E-state index in [4.69, 9.17) is 0 Å². The molecule has 0 bridgehead atoms. The van der Waals surface area contributed by atoms with Gasteiger partial charge in [0.1, 0.15) is 4.83 Å². The molecule has 4 aromatic rings. The third kappa shape index (κ3) is 3.48. The van der Waals surface area contributed by atoms with Crippen molar-refractivity contribution in [1.82, 2.24) is 9.13 Å². The maximum atomic E-state index is 13.5. The Hall–Kier alpha value is -3.52. The van der Waals surface area contributed by atoms with Gasteiger partial charge in [0.05, 0.1) is 22.5 Å². The highest BCUT2D eigenvalue weighted by atomic mass is 32.1. The second-order valence-electron chi connectivity index (χ2n) is 7.67. The van der Waals surface area contributed by atoms with Gasteiger partial charge in [-0.25, -0.2) is 9.36 Å². The van der Waals surface area contributed by atoms with Crippen LogP contribution in [0.25, 0.3) is 15.9 Å².